The Kier molecular flexibility index (Phi) is 7.56. The van der Waals surface area contributed by atoms with Crippen LogP contribution < -0.4 is 15.4 Å². The van der Waals surface area contributed by atoms with Crippen LogP contribution in [0.5, 0.6) is 5.88 Å². The summed E-state index contributed by atoms with van der Waals surface area (Å²) in [7, 11) is 2.08. The lowest BCUT2D eigenvalue weighted by atomic mass is 10.2. The number of hydrogen-bond acceptors (Lipinski definition) is 8. The number of benzene rings is 1. The number of amides is 1. The number of anilines is 3. The number of morpholine rings is 1. The van der Waals surface area contributed by atoms with Crippen LogP contribution in [-0.2, 0) is 11.3 Å². The van der Waals surface area contributed by atoms with E-state index in [2.05, 4.69) is 37.6 Å². The van der Waals surface area contributed by atoms with Gasteiger partial charge in [-0.1, -0.05) is 29.3 Å². The molecule has 1 aliphatic carbocycles. The van der Waals surface area contributed by atoms with Gasteiger partial charge in [0.2, 0.25) is 11.8 Å². The summed E-state index contributed by atoms with van der Waals surface area (Å²) < 4.78 is 13.6. The fourth-order valence-electron chi connectivity index (χ4n) is 3.81. The molecule has 0 bridgehead atoms. The van der Waals surface area contributed by atoms with Crippen molar-refractivity contribution in [1.82, 2.24) is 24.6 Å². The Balaban J connectivity index is 1.30. The van der Waals surface area contributed by atoms with Crippen molar-refractivity contribution in [1.29, 1.82) is 0 Å². The molecule has 5 rings (SSSR count). The number of carbonyl (C=O) groups is 1. The second kappa shape index (κ2) is 11.0. The molecule has 2 aliphatic rings. The predicted molar refractivity (Wildman–Crippen MR) is 137 cm³/mol. The van der Waals surface area contributed by atoms with Gasteiger partial charge in [-0.2, -0.15) is 10.1 Å². The Bertz CT molecular complexity index is 1210. The van der Waals surface area contributed by atoms with Crippen LogP contribution in [0.15, 0.2) is 36.8 Å². The first-order valence-corrected chi connectivity index (χ1v) is 12.5. The summed E-state index contributed by atoms with van der Waals surface area (Å²) >= 11 is 12.4. The van der Waals surface area contributed by atoms with Crippen LogP contribution in [0.25, 0.3) is 0 Å². The summed E-state index contributed by atoms with van der Waals surface area (Å²) in [5.74, 6) is 0.490. The maximum absolute atomic E-state index is 13.0. The average molecular weight is 532 g/mol. The Morgan fingerprint density at radius 2 is 2.06 bits per heavy atom. The lowest BCUT2D eigenvalue weighted by molar-refractivity contribution is -0.0290. The summed E-state index contributed by atoms with van der Waals surface area (Å²) in [4.78, 5) is 24.1. The number of nitrogens with one attached hydrogen (secondary N) is 2. The van der Waals surface area contributed by atoms with E-state index in [4.69, 9.17) is 32.7 Å². The monoisotopic (exact) mass is 531 g/mol. The van der Waals surface area contributed by atoms with Gasteiger partial charge in [0.25, 0.3) is 5.91 Å². The second-order valence-corrected chi connectivity index (χ2v) is 9.86. The highest BCUT2D eigenvalue weighted by atomic mass is 35.5. The van der Waals surface area contributed by atoms with Crippen molar-refractivity contribution >= 4 is 46.4 Å². The molecule has 0 radical (unpaired) electrons. The number of nitrogens with zero attached hydrogens (tertiary/aromatic N) is 5. The molecule has 2 N–H and O–H groups in total. The summed E-state index contributed by atoms with van der Waals surface area (Å²) in [6, 6.07) is 5.00. The van der Waals surface area contributed by atoms with Crippen molar-refractivity contribution in [2.24, 2.45) is 5.92 Å². The molecule has 2 fully saturated rings. The van der Waals surface area contributed by atoms with Gasteiger partial charge in [0.15, 0.2) is 0 Å². The van der Waals surface area contributed by atoms with Crippen molar-refractivity contribution in [2.45, 2.75) is 25.5 Å². The Hall–Kier alpha value is -2.92. The van der Waals surface area contributed by atoms with Crippen LogP contribution in [0.1, 0.15) is 23.2 Å². The Labute approximate surface area is 218 Å². The number of hydrogen-bond donors (Lipinski definition) is 2. The molecule has 190 valence electrons. The second-order valence-electron chi connectivity index (χ2n) is 9.05. The third-order valence-electron chi connectivity index (χ3n) is 5.97. The summed E-state index contributed by atoms with van der Waals surface area (Å²) in [5, 5.41) is 11.0. The van der Waals surface area contributed by atoms with E-state index in [9.17, 15) is 4.79 Å². The van der Waals surface area contributed by atoms with Crippen LogP contribution in [-0.4, -0.2) is 70.0 Å². The number of halogens is 2. The highest BCUT2D eigenvalue weighted by Crippen LogP contribution is 2.32. The first-order chi connectivity index (χ1) is 17.4. The lowest BCUT2D eigenvalue weighted by Crippen LogP contribution is -2.42. The largest absolute Gasteiger partial charge is 0.477 e. The first kappa shape index (κ1) is 24.8. The number of rotatable bonds is 9. The van der Waals surface area contributed by atoms with Crippen LogP contribution in [0.2, 0.25) is 10.0 Å². The van der Waals surface area contributed by atoms with E-state index in [1.165, 1.54) is 6.20 Å². The highest BCUT2D eigenvalue weighted by molar-refractivity contribution is 6.40. The van der Waals surface area contributed by atoms with Crippen LogP contribution >= 0.6 is 23.2 Å². The molecular weight excluding hydrogens is 505 g/mol. The number of para-hydroxylation sites is 1. The molecule has 1 saturated carbocycles. The van der Waals surface area contributed by atoms with Gasteiger partial charge in [0.1, 0.15) is 5.56 Å². The minimum atomic E-state index is -0.465. The van der Waals surface area contributed by atoms with Gasteiger partial charge in [0, 0.05) is 25.5 Å². The number of ether oxygens (including phenoxy) is 2. The molecule has 2 aromatic heterocycles. The fourth-order valence-corrected chi connectivity index (χ4v) is 4.31. The zero-order valence-electron chi connectivity index (χ0n) is 19.8. The van der Waals surface area contributed by atoms with Gasteiger partial charge in [-0.25, -0.2) is 4.98 Å². The Morgan fingerprint density at radius 3 is 2.81 bits per heavy atom. The van der Waals surface area contributed by atoms with Gasteiger partial charge >= 0.3 is 0 Å². The Morgan fingerprint density at radius 1 is 1.25 bits per heavy atom. The van der Waals surface area contributed by atoms with Crippen LogP contribution in [0.4, 0.5) is 17.3 Å². The standard InChI is InChI=1S/C24H27Cl2N7O3/c1-32-7-8-35-17(12-32)13-33-11-16(9-28-33)29-24-27-10-18(23(31-24)36-14-15-5-6-15)22(34)30-21-19(25)3-2-4-20(21)26/h2-4,9-11,15,17H,5-8,12-14H2,1H3,(H,30,34)(H,27,29,31)/t17-/m0/s1. The molecule has 10 nitrogen and oxygen atoms in total. The van der Waals surface area contributed by atoms with E-state index in [1.54, 1.807) is 24.4 Å². The maximum atomic E-state index is 13.0. The van der Waals surface area contributed by atoms with Crippen molar-refractivity contribution in [2.75, 3.05) is 44.0 Å². The van der Waals surface area contributed by atoms with Gasteiger partial charge in [-0.15, -0.1) is 0 Å². The quantitative estimate of drug-likeness (QED) is 0.425. The minimum absolute atomic E-state index is 0.0830. The molecule has 1 amide bonds. The fraction of sp³-hybridized carbons (Fsp3) is 0.417. The number of carbonyl (C=O) groups excluding carboxylic acids is 1. The minimum Gasteiger partial charge on any atom is -0.477 e. The van der Waals surface area contributed by atoms with Gasteiger partial charge < -0.3 is 25.0 Å². The molecule has 1 aliphatic heterocycles. The summed E-state index contributed by atoms with van der Waals surface area (Å²) in [5.41, 5.74) is 1.22. The normalized spacial score (nSPS) is 18.1. The van der Waals surface area contributed by atoms with Crippen molar-refractivity contribution < 1.29 is 14.3 Å². The van der Waals surface area contributed by atoms with E-state index in [0.29, 0.717) is 53.0 Å². The molecule has 1 saturated heterocycles. The van der Waals surface area contributed by atoms with Crippen LogP contribution in [0.3, 0.4) is 0 Å². The third-order valence-corrected chi connectivity index (χ3v) is 6.60. The molecule has 1 aromatic carbocycles. The zero-order chi connectivity index (χ0) is 25.1. The molecule has 0 spiro atoms. The van der Waals surface area contributed by atoms with E-state index < -0.39 is 5.91 Å². The molecular formula is C24H27Cl2N7O3. The highest BCUT2D eigenvalue weighted by Gasteiger charge is 2.25. The average Bonchev–Trinajstić information content (AvgIpc) is 3.59. The summed E-state index contributed by atoms with van der Waals surface area (Å²) in [6.07, 6.45) is 7.28. The lowest BCUT2D eigenvalue weighted by Gasteiger charge is -2.29. The van der Waals surface area contributed by atoms with Crippen molar-refractivity contribution in [3.63, 3.8) is 0 Å². The van der Waals surface area contributed by atoms with E-state index in [0.717, 1.165) is 25.9 Å². The van der Waals surface area contributed by atoms with E-state index >= 15 is 0 Å². The summed E-state index contributed by atoms with van der Waals surface area (Å²) in [6.45, 7) is 3.64. The SMILES string of the molecule is CN1CCO[C@H](Cn2cc(Nc3ncc(C(=O)Nc4c(Cl)cccc4Cl)c(OCC4CC4)n3)cn2)C1. The molecule has 12 heteroatoms. The van der Waals surface area contributed by atoms with Gasteiger partial charge in [-0.3, -0.25) is 9.48 Å². The number of aromatic nitrogens is 4. The molecule has 36 heavy (non-hydrogen) atoms. The topological polar surface area (TPSA) is 106 Å². The number of likely N-dealkylation sites (N-methyl/N-ethyl adjacent to an activating group) is 1. The van der Waals surface area contributed by atoms with E-state index in [1.807, 2.05) is 10.9 Å². The first-order valence-electron chi connectivity index (χ1n) is 11.8. The van der Waals surface area contributed by atoms with E-state index in [-0.39, 0.29) is 17.5 Å². The van der Waals surface area contributed by atoms with Crippen molar-refractivity contribution in [3.05, 3.63) is 52.4 Å². The van der Waals surface area contributed by atoms with Gasteiger partial charge in [-0.05, 0) is 37.9 Å². The third kappa shape index (κ3) is 6.25. The zero-order valence-corrected chi connectivity index (χ0v) is 21.3. The predicted octanol–water partition coefficient (Wildman–Crippen LogP) is 4.10. The van der Waals surface area contributed by atoms with Gasteiger partial charge in [0.05, 0.1) is 53.5 Å². The van der Waals surface area contributed by atoms with Crippen molar-refractivity contribution in [3.8, 4) is 5.88 Å². The molecule has 3 aromatic rings. The molecule has 0 unspecified atom stereocenters. The maximum Gasteiger partial charge on any atom is 0.262 e. The smallest absolute Gasteiger partial charge is 0.262 e. The molecule has 1 atom stereocenters. The molecule has 3 heterocycles. The van der Waals surface area contributed by atoms with Crippen LogP contribution in [0, 0.1) is 5.92 Å².